The van der Waals surface area contributed by atoms with Crippen molar-refractivity contribution in [3.8, 4) is 0 Å². The zero-order valence-corrected chi connectivity index (χ0v) is 13.5. The fourth-order valence-electron chi connectivity index (χ4n) is 2.98. The average molecular weight is 351 g/mol. The van der Waals surface area contributed by atoms with Crippen LogP contribution in [0.3, 0.4) is 0 Å². The first-order valence-electron chi connectivity index (χ1n) is 7.59. The van der Waals surface area contributed by atoms with Gasteiger partial charge in [-0.2, -0.15) is 5.10 Å². The van der Waals surface area contributed by atoms with Crippen LogP contribution in [0.5, 0.6) is 0 Å². The Hall–Kier alpha value is -2.41. The van der Waals surface area contributed by atoms with E-state index in [4.69, 9.17) is 17.3 Å². The van der Waals surface area contributed by atoms with Gasteiger partial charge in [0, 0.05) is 6.54 Å². The number of amides is 2. The molecule has 0 aliphatic carbocycles. The van der Waals surface area contributed by atoms with Gasteiger partial charge >= 0.3 is 0 Å². The average Bonchev–Trinajstić information content (AvgIpc) is 3.04. The fourth-order valence-corrected chi connectivity index (χ4v) is 3.22. The van der Waals surface area contributed by atoms with Crippen molar-refractivity contribution < 1.29 is 14.0 Å². The summed E-state index contributed by atoms with van der Waals surface area (Å²) in [4.78, 5) is 25.6. The van der Waals surface area contributed by atoms with Crippen LogP contribution in [0.1, 0.15) is 51.8 Å². The van der Waals surface area contributed by atoms with Gasteiger partial charge in [-0.05, 0) is 37.5 Å². The smallest absolute Gasteiger partial charge is 0.269 e. The highest BCUT2D eigenvalue weighted by Crippen LogP contribution is 2.33. The minimum atomic E-state index is -0.653. The Morgan fingerprint density at radius 3 is 2.83 bits per heavy atom. The number of aromatic amines is 1. The third-order valence-electron chi connectivity index (χ3n) is 4.15. The Morgan fingerprint density at radius 1 is 1.38 bits per heavy atom. The Balaban J connectivity index is 1.94. The highest BCUT2D eigenvalue weighted by atomic mass is 35.5. The van der Waals surface area contributed by atoms with Crippen LogP contribution < -0.4 is 5.73 Å². The topological polar surface area (TPSA) is 92.1 Å². The van der Waals surface area contributed by atoms with Crippen LogP contribution in [-0.2, 0) is 0 Å². The minimum Gasteiger partial charge on any atom is -0.364 e. The standard InChI is InChI=1S/C16H16ClFN4O2/c17-9-4-3-5-10(18)14(9)16(24)22-7-2-1-6-13(22)11-8-12(15(19)23)21-20-11/h3-5,8,13H,1-2,6-7H2,(H2,19,23)(H,20,21). The minimum absolute atomic E-state index is 0.0757. The number of hydrogen-bond donors (Lipinski definition) is 2. The molecule has 0 bridgehead atoms. The van der Waals surface area contributed by atoms with Gasteiger partial charge < -0.3 is 10.6 Å². The molecule has 0 radical (unpaired) electrons. The molecule has 1 aliphatic heterocycles. The molecule has 2 amide bonds. The van der Waals surface area contributed by atoms with Gasteiger partial charge in [0.1, 0.15) is 11.5 Å². The van der Waals surface area contributed by atoms with Crippen molar-refractivity contribution in [3.05, 3.63) is 52.1 Å². The summed E-state index contributed by atoms with van der Waals surface area (Å²) in [5, 5.41) is 6.68. The lowest BCUT2D eigenvalue weighted by atomic mass is 9.98. The molecule has 6 nitrogen and oxygen atoms in total. The highest BCUT2D eigenvalue weighted by Gasteiger charge is 2.32. The lowest BCUT2D eigenvalue weighted by Crippen LogP contribution is -2.39. The summed E-state index contributed by atoms with van der Waals surface area (Å²) in [5.74, 6) is -1.78. The zero-order chi connectivity index (χ0) is 17.3. The Kier molecular flexibility index (Phi) is 4.53. The number of nitrogens with two attached hydrogens (primary N) is 1. The third-order valence-corrected chi connectivity index (χ3v) is 4.46. The van der Waals surface area contributed by atoms with E-state index in [2.05, 4.69) is 10.2 Å². The summed E-state index contributed by atoms with van der Waals surface area (Å²) < 4.78 is 14.1. The molecule has 0 spiro atoms. The number of nitrogens with zero attached hydrogens (tertiary/aromatic N) is 2. The number of hydrogen-bond acceptors (Lipinski definition) is 3. The van der Waals surface area contributed by atoms with Crippen molar-refractivity contribution in [2.75, 3.05) is 6.54 Å². The van der Waals surface area contributed by atoms with E-state index in [1.165, 1.54) is 24.3 Å². The molecule has 1 fully saturated rings. The second-order valence-corrected chi connectivity index (χ2v) is 6.09. The predicted octanol–water partition coefficient (Wildman–Crippen LogP) is 2.67. The molecule has 8 heteroatoms. The van der Waals surface area contributed by atoms with Crippen molar-refractivity contribution in [2.45, 2.75) is 25.3 Å². The van der Waals surface area contributed by atoms with Gasteiger partial charge in [-0.15, -0.1) is 0 Å². The van der Waals surface area contributed by atoms with Crippen LogP contribution in [-0.4, -0.2) is 33.5 Å². The highest BCUT2D eigenvalue weighted by molar-refractivity contribution is 6.33. The van der Waals surface area contributed by atoms with Crippen molar-refractivity contribution in [1.29, 1.82) is 0 Å². The van der Waals surface area contributed by atoms with Gasteiger partial charge in [0.15, 0.2) is 0 Å². The number of carbonyl (C=O) groups excluding carboxylic acids is 2. The van der Waals surface area contributed by atoms with E-state index in [0.29, 0.717) is 18.7 Å². The second-order valence-electron chi connectivity index (χ2n) is 5.68. The van der Waals surface area contributed by atoms with E-state index in [0.717, 1.165) is 12.8 Å². The van der Waals surface area contributed by atoms with Gasteiger partial charge in [0.05, 0.1) is 22.3 Å². The molecule has 0 saturated carbocycles. The molecule has 1 atom stereocenters. The molecule has 3 N–H and O–H groups in total. The first-order valence-corrected chi connectivity index (χ1v) is 7.97. The number of H-pyrrole nitrogens is 1. The Labute approximate surface area is 142 Å². The van der Waals surface area contributed by atoms with E-state index >= 15 is 0 Å². The maximum Gasteiger partial charge on any atom is 0.269 e. The first-order chi connectivity index (χ1) is 11.5. The van der Waals surface area contributed by atoms with E-state index in [9.17, 15) is 14.0 Å². The quantitative estimate of drug-likeness (QED) is 0.891. The summed E-state index contributed by atoms with van der Waals surface area (Å²) >= 11 is 6.01. The van der Waals surface area contributed by atoms with Crippen molar-refractivity contribution in [3.63, 3.8) is 0 Å². The number of rotatable bonds is 3. The molecule has 2 aromatic rings. The number of halogens is 2. The summed E-state index contributed by atoms with van der Waals surface area (Å²) in [6.07, 6.45) is 2.40. The molecule has 1 aliphatic rings. The van der Waals surface area contributed by atoms with Crippen LogP contribution in [0.25, 0.3) is 0 Å². The molecule has 2 heterocycles. The van der Waals surface area contributed by atoms with Crippen LogP contribution in [0.2, 0.25) is 5.02 Å². The number of primary amides is 1. The molecule has 3 rings (SSSR count). The maximum atomic E-state index is 14.1. The Morgan fingerprint density at radius 2 is 2.17 bits per heavy atom. The molecule has 1 aromatic heterocycles. The van der Waals surface area contributed by atoms with Crippen molar-refractivity contribution in [2.24, 2.45) is 5.73 Å². The van der Waals surface area contributed by atoms with Crippen LogP contribution in [0.4, 0.5) is 4.39 Å². The van der Waals surface area contributed by atoms with E-state index in [1.54, 1.807) is 4.90 Å². The van der Waals surface area contributed by atoms with E-state index in [-0.39, 0.29) is 22.3 Å². The van der Waals surface area contributed by atoms with Gasteiger partial charge in [-0.3, -0.25) is 14.7 Å². The lowest BCUT2D eigenvalue weighted by Gasteiger charge is -2.35. The van der Waals surface area contributed by atoms with E-state index < -0.39 is 17.6 Å². The van der Waals surface area contributed by atoms with Crippen molar-refractivity contribution in [1.82, 2.24) is 15.1 Å². The maximum absolute atomic E-state index is 14.1. The number of benzene rings is 1. The third kappa shape index (κ3) is 2.99. The molecule has 24 heavy (non-hydrogen) atoms. The summed E-state index contributed by atoms with van der Waals surface area (Å²) in [7, 11) is 0. The first kappa shape index (κ1) is 16.4. The Bertz CT molecular complexity index is 772. The zero-order valence-electron chi connectivity index (χ0n) is 12.8. The predicted molar refractivity (Wildman–Crippen MR) is 86.1 cm³/mol. The van der Waals surface area contributed by atoms with Crippen LogP contribution in [0, 0.1) is 5.82 Å². The number of aromatic nitrogens is 2. The number of piperidine rings is 1. The normalized spacial score (nSPS) is 17.8. The number of nitrogens with one attached hydrogen (secondary N) is 1. The molecule has 1 saturated heterocycles. The summed E-state index contributed by atoms with van der Waals surface area (Å²) in [5.41, 5.74) is 5.78. The molecule has 126 valence electrons. The van der Waals surface area contributed by atoms with Crippen LogP contribution >= 0.6 is 11.6 Å². The second kappa shape index (κ2) is 6.60. The van der Waals surface area contributed by atoms with Crippen LogP contribution in [0.15, 0.2) is 24.3 Å². The monoisotopic (exact) mass is 350 g/mol. The molecule has 1 unspecified atom stereocenters. The summed E-state index contributed by atoms with van der Waals surface area (Å²) in [6.45, 7) is 0.471. The van der Waals surface area contributed by atoms with Gasteiger partial charge in [-0.1, -0.05) is 17.7 Å². The fraction of sp³-hybridized carbons (Fsp3) is 0.312. The largest absolute Gasteiger partial charge is 0.364 e. The number of likely N-dealkylation sites (tertiary alicyclic amines) is 1. The van der Waals surface area contributed by atoms with Gasteiger partial charge in [0.25, 0.3) is 11.8 Å². The molecule has 1 aromatic carbocycles. The van der Waals surface area contributed by atoms with Crippen molar-refractivity contribution >= 4 is 23.4 Å². The SMILES string of the molecule is NC(=O)c1cc(C2CCCCN2C(=O)c2c(F)cccc2Cl)[nH]n1. The lowest BCUT2D eigenvalue weighted by molar-refractivity contribution is 0.0601. The molecular weight excluding hydrogens is 335 g/mol. The van der Waals surface area contributed by atoms with E-state index in [1.807, 2.05) is 0 Å². The van der Waals surface area contributed by atoms with Gasteiger partial charge in [-0.25, -0.2) is 4.39 Å². The summed E-state index contributed by atoms with van der Waals surface area (Å²) in [6, 6.07) is 5.34. The number of carbonyl (C=O) groups is 2. The van der Waals surface area contributed by atoms with Gasteiger partial charge in [0.2, 0.25) is 0 Å². The molecular formula is C16H16ClFN4O2.